The summed E-state index contributed by atoms with van der Waals surface area (Å²) in [6.45, 7) is 1.86. The van der Waals surface area contributed by atoms with E-state index >= 15 is 0 Å². The first-order chi connectivity index (χ1) is 15.6. The lowest BCUT2D eigenvalue weighted by Gasteiger charge is -2.25. The minimum Gasteiger partial charge on any atom is -0.488 e. The van der Waals surface area contributed by atoms with Crippen molar-refractivity contribution in [3.05, 3.63) is 46.7 Å². The van der Waals surface area contributed by atoms with Crippen molar-refractivity contribution in [1.29, 1.82) is 0 Å². The number of amides is 1. The van der Waals surface area contributed by atoms with Gasteiger partial charge in [0.15, 0.2) is 0 Å². The molecule has 0 atom stereocenters. The molecule has 1 aliphatic heterocycles. The Kier molecular flexibility index (Phi) is 8.06. The molecule has 176 valence electrons. The molecule has 0 unspecified atom stereocenters. The number of carbonyl (C=O) groups excluding carboxylic acids is 1. The zero-order valence-electron chi connectivity index (χ0n) is 16.9. The maximum Gasteiger partial charge on any atom is 0.490 e. The molecule has 2 aromatic heterocycles. The van der Waals surface area contributed by atoms with Gasteiger partial charge in [0.2, 0.25) is 0 Å². The van der Waals surface area contributed by atoms with Gasteiger partial charge in [-0.15, -0.1) is 11.3 Å². The molecule has 1 fully saturated rings. The summed E-state index contributed by atoms with van der Waals surface area (Å²) in [5.74, 6) is -2.37. The summed E-state index contributed by atoms with van der Waals surface area (Å²) in [7, 11) is 0. The standard InChI is InChI=1S/C18H17ClN4O2S.C2HF3O2/c19-11-1-2-15(25-12-3-5-20-6-4-12)14(7-11)23-18(24)13-9-26-16-8-21-10-22-17(13)16;3-2(4,5)1(6)7/h1-2,7-10,12,20H,3-6H2,(H,23,24);(H,6,7). The van der Waals surface area contributed by atoms with E-state index in [1.807, 2.05) is 0 Å². The molecule has 4 rings (SSSR count). The van der Waals surface area contributed by atoms with E-state index in [4.69, 9.17) is 26.2 Å². The zero-order chi connectivity index (χ0) is 24.0. The lowest BCUT2D eigenvalue weighted by atomic mass is 10.1. The second kappa shape index (κ2) is 10.8. The predicted molar refractivity (Wildman–Crippen MR) is 117 cm³/mol. The smallest absolute Gasteiger partial charge is 0.488 e. The van der Waals surface area contributed by atoms with Gasteiger partial charge in [-0.05, 0) is 44.1 Å². The van der Waals surface area contributed by atoms with E-state index < -0.39 is 12.1 Å². The number of aliphatic carboxylic acids is 1. The third kappa shape index (κ3) is 6.76. The molecule has 1 aliphatic rings. The number of carboxylic acids is 1. The second-order valence-electron chi connectivity index (χ2n) is 6.85. The van der Waals surface area contributed by atoms with Crippen molar-refractivity contribution in [2.45, 2.75) is 25.1 Å². The molecule has 3 heterocycles. The first-order valence-corrected chi connectivity index (χ1v) is 10.9. The van der Waals surface area contributed by atoms with Crippen LogP contribution in [0.3, 0.4) is 0 Å². The number of fused-ring (bicyclic) bond motifs is 1. The van der Waals surface area contributed by atoms with Crippen molar-refractivity contribution in [3.8, 4) is 5.75 Å². The summed E-state index contributed by atoms with van der Waals surface area (Å²) in [5, 5.41) is 15.7. The topological polar surface area (TPSA) is 113 Å². The molecule has 0 radical (unpaired) electrons. The Bertz CT molecular complexity index is 1140. The minimum absolute atomic E-state index is 0.128. The molecule has 1 aromatic carbocycles. The fourth-order valence-corrected chi connectivity index (χ4v) is 3.96. The van der Waals surface area contributed by atoms with Crippen LogP contribution >= 0.6 is 22.9 Å². The van der Waals surface area contributed by atoms with E-state index in [0.29, 0.717) is 27.5 Å². The van der Waals surface area contributed by atoms with Crippen LogP contribution in [0.5, 0.6) is 5.75 Å². The number of thiophene rings is 1. The number of hydrogen-bond donors (Lipinski definition) is 3. The number of alkyl halides is 3. The number of ether oxygens (including phenoxy) is 1. The first kappa shape index (κ1) is 24.7. The highest BCUT2D eigenvalue weighted by Crippen LogP contribution is 2.31. The number of anilines is 1. The molecule has 0 aliphatic carbocycles. The molecule has 8 nitrogen and oxygen atoms in total. The van der Waals surface area contributed by atoms with Crippen LogP contribution in [0.2, 0.25) is 5.02 Å². The van der Waals surface area contributed by atoms with Crippen LogP contribution in [-0.2, 0) is 4.79 Å². The number of rotatable bonds is 4. The van der Waals surface area contributed by atoms with Crippen LogP contribution in [0.4, 0.5) is 18.9 Å². The number of benzene rings is 1. The minimum atomic E-state index is -5.08. The molecule has 3 N–H and O–H groups in total. The number of piperidine rings is 1. The molecular weight excluding hydrogens is 485 g/mol. The van der Waals surface area contributed by atoms with Crippen molar-refractivity contribution in [1.82, 2.24) is 15.3 Å². The molecule has 3 aromatic rings. The van der Waals surface area contributed by atoms with Gasteiger partial charge in [0, 0.05) is 16.6 Å². The Labute approximate surface area is 194 Å². The predicted octanol–water partition coefficient (Wildman–Crippen LogP) is 4.36. The van der Waals surface area contributed by atoms with Gasteiger partial charge >= 0.3 is 12.1 Å². The van der Waals surface area contributed by atoms with Crippen molar-refractivity contribution in [3.63, 3.8) is 0 Å². The molecule has 13 heteroatoms. The monoisotopic (exact) mass is 502 g/mol. The lowest BCUT2D eigenvalue weighted by Crippen LogP contribution is -2.34. The summed E-state index contributed by atoms with van der Waals surface area (Å²) >= 11 is 7.57. The third-order valence-electron chi connectivity index (χ3n) is 4.49. The number of nitrogens with one attached hydrogen (secondary N) is 2. The van der Waals surface area contributed by atoms with Crippen LogP contribution < -0.4 is 15.4 Å². The van der Waals surface area contributed by atoms with Gasteiger partial charge in [0.05, 0.1) is 21.5 Å². The fourth-order valence-electron chi connectivity index (χ4n) is 2.93. The van der Waals surface area contributed by atoms with E-state index in [1.165, 1.54) is 17.7 Å². The number of nitrogens with zero attached hydrogens (tertiary/aromatic N) is 2. The van der Waals surface area contributed by atoms with Gasteiger partial charge in [-0.1, -0.05) is 11.6 Å². The van der Waals surface area contributed by atoms with Gasteiger partial charge in [-0.3, -0.25) is 4.79 Å². The van der Waals surface area contributed by atoms with Gasteiger partial charge in [-0.25, -0.2) is 14.8 Å². The second-order valence-corrected chi connectivity index (χ2v) is 8.20. The van der Waals surface area contributed by atoms with Gasteiger partial charge in [0.1, 0.15) is 18.2 Å². The summed E-state index contributed by atoms with van der Waals surface area (Å²) in [4.78, 5) is 29.9. The zero-order valence-corrected chi connectivity index (χ0v) is 18.4. The fraction of sp³-hybridized carbons (Fsp3) is 0.300. The molecule has 1 saturated heterocycles. The lowest BCUT2D eigenvalue weighted by molar-refractivity contribution is -0.192. The Morgan fingerprint density at radius 3 is 2.64 bits per heavy atom. The average Bonchev–Trinajstić information content (AvgIpc) is 3.20. The Morgan fingerprint density at radius 2 is 1.97 bits per heavy atom. The van der Waals surface area contributed by atoms with Gasteiger partial charge in [0.25, 0.3) is 5.91 Å². The van der Waals surface area contributed by atoms with E-state index in [2.05, 4.69) is 20.6 Å². The van der Waals surface area contributed by atoms with Gasteiger partial charge in [-0.2, -0.15) is 13.2 Å². The summed E-state index contributed by atoms with van der Waals surface area (Å²) in [5.41, 5.74) is 1.72. The number of aromatic nitrogens is 2. The van der Waals surface area contributed by atoms with Crippen molar-refractivity contribution >= 4 is 50.7 Å². The maximum atomic E-state index is 12.8. The Morgan fingerprint density at radius 1 is 1.27 bits per heavy atom. The summed E-state index contributed by atoms with van der Waals surface area (Å²) in [6, 6.07) is 5.27. The Hall–Kier alpha value is -2.96. The normalized spacial score (nSPS) is 14.3. The number of carbonyl (C=O) groups is 2. The number of carboxylic acid groups (broad SMARTS) is 1. The van der Waals surface area contributed by atoms with E-state index in [0.717, 1.165) is 30.6 Å². The first-order valence-electron chi connectivity index (χ1n) is 9.60. The summed E-state index contributed by atoms with van der Waals surface area (Å²) < 4.78 is 38.7. The highest BCUT2D eigenvalue weighted by Gasteiger charge is 2.38. The van der Waals surface area contributed by atoms with E-state index in [-0.39, 0.29) is 12.0 Å². The van der Waals surface area contributed by atoms with Crippen LogP contribution in [0.25, 0.3) is 10.2 Å². The van der Waals surface area contributed by atoms with Gasteiger partial charge < -0.3 is 20.5 Å². The van der Waals surface area contributed by atoms with Crippen LogP contribution in [0.15, 0.2) is 36.1 Å². The maximum absolute atomic E-state index is 12.8. The van der Waals surface area contributed by atoms with E-state index in [1.54, 1.807) is 29.8 Å². The van der Waals surface area contributed by atoms with Crippen molar-refractivity contribution < 1.29 is 32.6 Å². The molecule has 1 amide bonds. The highest BCUT2D eigenvalue weighted by atomic mass is 35.5. The largest absolute Gasteiger partial charge is 0.490 e. The molecular formula is C20H18ClF3N4O4S. The highest BCUT2D eigenvalue weighted by molar-refractivity contribution is 7.17. The van der Waals surface area contributed by atoms with Crippen LogP contribution in [0, 0.1) is 0 Å². The summed E-state index contributed by atoms with van der Waals surface area (Å²) in [6.07, 6.45) is 0.0541. The third-order valence-corrected chi connectivity index (χ3v) is 5.64. The molecule has 0 saturated carbocycles. The molecule has 0 spiro atoms. The van der Waals surface area contributed by atoms with Crippen LogP contribution in [-0.4, -0.2) is 52.3 Å². The molecule has 33 heavy (non-hydrogen) atoms. The Balaban J connectivity index is 0.000000383. The van der Waals surface area contributed by atoms with Crippen LogP contribution in [0.1, 0.15) is 23.2 Å². The van der Waals surface area contributed by atoms with Crippen molar-refractivity contribution in [2.24, 2.45) is 0 Å². The quantitative estimate of drug-likeness (QED) is 0.485. The average molecular weight is 503 g/mol. The number of halogens is 4. The molecule has 0 bridgehead atoms. The van der Waals surface area contributed by atoms with E-state index in [9.17, 15) is 18.0 Å². The van der Waals surface area contributed by atoms with Crippen molar-refractivity contribution in [2.75, 3.05) is 18.4 Å². The number of hydrogen-bond acceptors (Lipinski definition) is 7. The SMILES string of the molecule is O=C(Nc1cc(Cl)ccc1OC1CCNCC1)c1csc2cncnc12.O=C(O)C(F)(F)F.